The van der Waals surface area contributed by atoms with Gasteiger partial charge in [0.25, 0.3) is 0 Å². The maximum Gasteiger partial charge on any atom is 0.311 e. The quantitative estimate of drug-likeness (QED) is 0.784. The van der Waals surface area contributed by atoms with Gasteiger partial charge in [-0.05, 0) is 31.2 Å². The Labute approximate surface area is 138 Å². The Morgan fingerprint density at radius 2 is 2.09 bits per heavy atom. The number of esters is 1. The second kappa shape index (κ2) is 8.50. The van der Waals surface area contributed by atoms with Crippen LogP contribution in [0.2, 0.25) is 0 Å². The molecule has 1 aromatic carbocycles. The van der Waals surface area contributed by atoms with E-state index in [9.17, 15) is 9.90 Å². The zero-order valence-corrected chi connectivity index (χ0v) is 14.0. The molecule has 0 amide bonds. The molecule has 0 saturated carbocycles. The van der Waals surface area contributed by atoms with E-state index in [2.05, 4.69) is 4.99 Å². The Bertz CT molecular complexity index is 704. The lowest BCUT2D eigenvalue weighted by atomic mass is 10.3. The average Bonchev–Trinajstić information content (AvgIpc) is 2.91. The molecule has 0 fully saturated rings. The van der Waals surface area contributed by atoms with Crippen LogP contribution in [0.25, 0.3) is 0 Å². The molecule has 7 heteroatoms. The molecule has 2 aromatic rings. The molecule has 0 aliphatic heterocycles. The number of carbonyl (C=O) groups excluding carboxylic acids is 1. The van der Waals surface area contributed by atoms with Gasteiger partial charge in [0, 0.05) is 17.6 Å². The summed E-state index contributed by atoms with van der Waals surface area (Å²) >= 11 is 1.43. The van der Waals surface area contributed by atoms with E-state index in [1.165, 1.54) is 11.3 Å². The van der Waals surface area contributed by atoms with Crippen LogP contribution in [0.3, 0.4) is 0 Å². The fourth-order valence-corrected chi connectivity index (χ4v) is 3.01. The molecule has 6 nitrogen and oxygen atoms in total. The highest BCUT2D eigenvalue weighted by Gasteiger charge is 2.11. The van der Waals surface area contributed by atoms with E-state index >= 15 is 0 Å². The highest BCUT2D eigenvalue weighted by Crippen LogP contribution is 2.17. The monoisotopic (exact) mass is 336 g/mol. The van der Waals surface area contributed by atoms with E-state index in [-0.39, 0.29) is 19.0 Å². The zero-order chi connectivity index (χ0) is 16.7. The van der Waals surface area contributed by atoms with Crippen molar-refractivity contribution in [3.63, 3.8) is 0 Å². The number of thiazole rings is 1. The van der Waals surface area contributed by atoms with Crippen molar-refractivity contribution in [2.24, 2.45) is 4.99 Å². The van der Waals surface area contributed by atoms with E-state index in [0.29, 0.717) is 13.2 Å². The SMILES string of the molecule is CCOC(=O)Cc1csc(=Nc2ccc(OC)cc2)n1CCO. The summed E-state index contributed by atoms with van der Waals surface area (Å²) in [6.07, 6.45) is 0.169. The molecule has 0 spiro atoms. The first-order valence-electron chi connectivity index (χ1n) is 7.30. The fraction of sp³-hybridized carbons (Fsp3) is 0.375. The third-order valence-electron chi connectivity index (χ3n) is 3.13. The Morgan fingerprint density at radius 1 is 1.35 bits per heavy atom. The number of aliphatic hydroxyl groups excluding tert-OH is 1. The van der Waals surface area contributed by atoms with Gasteiger partial charge in [-0.25, -0.2) is 4.99 Å². The van der Waals surface area contributed by atoms with Gasteiger partial charge in [0.15, 0.2) is 4.80 Å². The Hall–Kier alpha value is -2.12. The van der Waals surface area contributed by atoms with Crippen LogP contribution < -0.4 is 9.54 Å². The van der Waals surface area contributed by atoms with Gasteiger partial charge in [-0.3, -0.25) is 4.79 Å². The first-order valence-corrected chi connectivity index (χ1v) is 8.18. The first kappa shape index (κ1) is 17.2. The summed E-state index contributed by atoms with van der Waals surface area (Å²) < 4.78 is 11.9. The second-order valence-electron chi connectivity index (χ2n) is 4.68. The average molecular weight is 336 g/mol. The highest BCUT2D eigenvalue weighted by atomic mass is 32.1. The Balaban J connectivity index is 2.31. The Morgan fingerprint density at radius 3 is 2.70 bits per heavy atom. The minimum Gasteiger partial charge on any atom is -0.497 e. The molecule has 124 valence electrons. The van der Waals surface area contributed by atoms with Crippen molar-refractivity contribution < 1.29 is 19.4 Å². The van der Waals surface area contributed by atoms with Crippen LogP contribution >= 0.6 is 11.3 Å². The lowest BCUT2D eigenvalue weighted by Gasteiger charge is -2.07. The molecule has 0 aliphatic carbocycles. The third-order valence-corrected chi connectivity index (χ3v) is 4.04. The molecule has 2 rings (SSSR count). The van der Waals surface area contributed by atoms with Crippen LogP contribution in [0.1, 0.15) is 12.6 Å². The number of aliphatic hydroxyl groups is 1. The predicted molar refractivity (Wildman–Crippen MR) is 87.9 cm³/mol. The summed E-state index contributed by atoms with van der Waals surface area (Å²) in [7, 11) is 1.61. The smallest absolute Gasteiger partial charge is 0.311 e. The topological polar surface area (TPSA) is 73.0 Å². The molecule has 1 aromatic heterocycles. The van der Waals surface area contributed by atoms with Gasteiger partial charge in [0.1, 0.15) is 5.75 Å². The standard InChI is InChI=1S/C16H20N2O4S/c1-3-22-15(20)10-13-11-23-16(18(13)8-9-19)17-12-4-6-14(21-2)7-5-12/h4-7,11,19H,3,8-10H2,1-2H3. The summed E-state index contributed by atoms with van der Waals surface area (Å²) in [6, 6.07) is 7.38. The molecule has 23 heavy (non-hydrogen) atoms. The van der Waals surface area contributed by atoms with Gasteiger partial charge in [-0.1, -0.05) is 0 Å². The van der Waals surface area contributed by atoms with Gasteiger partial charge in [-0.15, -0.1) is 11.3 Å². The number of aromatic nitrogens is 1. The van der Waals surface area contributed by atoms with Gasteiger partial charge >= 0.3 is 5.97 Å². The molecular weight excluding hydrogens is 316 g/mol. The minimum atomic E-state index is -0.284. The van der Waals surface area contributed by atoms with E-state index in [4.69, 9.17) is 9.47 Å². The van der Waals surface area contributed by atoms with Crippen molar-refractivity contribution in [1.29, 1.82) is 0 Å². The molecule has 0 bridgehead atoms. The van der Waals surface area contributed by atoms with E-state index in [1.54, 1.807) is 14.0 Å². The zero-order valence-electron chi connectivity index (χ0n) is 13.2. The van der Waals surface area contributed by atoms with Gasteiger partial charge in [0.2, 0.25) is 0 Å². The summed E-state index contributed by atoms with van der Waals surface area (Å²) in [5, 5.41) is 11.1. The summed E-state index contributed by atoms with van der Waals surface area (Å²) in [4.78, 5) is 17.0. The largest absolute Gasteiger partial charge is 0.497 e. The van der Waals surface area contributed by atoms with Crippen LogP contribution in [0.15, 0.2) is 34.6 Å². The van der Waals surface area contributed by atoms with E-state index in [0.717, 1.165) is 21.9 Å². The van der Waals surface area contributed by atoms with Crippen molar-refractivity contribution in [2.45, 2.75) is 19.9 Å². The first-order chi connectivity index (χ1) is 11.2. The highest BCUT2D eigenvalue weighted by molar-refractivity contribution is 7.07. The summed E-state index contributed by atoms with van der Waals surface area (Å²) in [5.41, 5.74) is 1.57. The number of hydrogen-bond donors (Lipinski definition) is 1. The number of methoxy groups -OCH3 is 1. The lowest BCUT2D eigenvalue weighted by Crippen LogP contribution is -2.21. The van der Waals surface area contributed by atoms with Crippen LogP contribution in [0.4, 0.5) is 5.69 Å². The number of ether oxygens (including phenoxy) is 2. The molecule has 0 atom stereocenters. The van der Waals surface area contributed by atoms with Gasteiger partial charge in [0.05, 0.1) is 32.4 Å². The maximum atomic E-state index is 11.7. The molecular formula is C16H20N2O4S. The normalized spacial score (nSPS) is 11.5. The minimum absolute atomic E-state index is 0.0254. The van der Waals surface area contributed by atoms with Crippen molar-refractivity contribution in [3.8, 4) is 5.75 Å². The molecule has 0 aliphatic rings. The van der Waals surface area contributed by atoms with Crippen LogP contribution in [-0.2, 0) is 22.5 Å². The maximum absolute atomic E-state index is 11.7. The molecule has 1 N–H and O–H groups in total. The lowest BCUT2D eigenvalue weighted by molar-refractivity contribution is -0.142. The number of hydrogen-bond acceptors (Lipinski definition) is 6. The van der Waals surface area contributed by atoms with Crippen molar-refractivity contribution in [1.82, 2.24) is 4.57 Å². The third kappa shape index (κ3) is 4.67. The number of benzene rings is 1. The van der Waals surface area contributed by atoms with Crippen LogP contribution in [-0.4, -0.2) is 36.0 Å². The van der Waals surface area contributed by atoms with Crippen molar-refractivity contribution >= 4 is 23.0 Å². The van der Waals surface area contributed by atoms with Crippen molar-refractivity contribution in [2.75, 3.05) is 20.3 Å². The van der Waals surface area contributed by atoms with Gasteiger partial charge < -0.3 is 19.1 Å². The summed E-state index contributed by atoms with van der Waals surface area (Å²) in [6.45, 7) is 2.49. The predicted octanol–water partition coefficient (Wildman–Crippen LogP) is 1.89. The molecule has 0 unspecified atom stereocenters. The molecule has 1 heterocycles. The van der Waals surface area contributed by atoms with E-state index < -0.39 is 0 Å². The number of carbonyl (C=O) groups is 1. The van der Waals surface area contributed by atoms with Gasteiger partial charge in [-0.2, -0.15) is 0 Å². The Kier molecular flexibility index (Phi) is 6.37. The fourth-order valence-electron chi connectivity index (χ4n) is 2.06. The van der Waals surface area contributed by atoms with Crippen LogP contribution in [0, 0.1) is 0 Å². The molecule has 0 radical (unpaired) electrons. The summed E-state index contributed by atoms with van der Waals surface area (Å²) in [5.74, 6) is 0.481. The van der Waals surface area contributed by atoms with Crippen LogP contribution in [0.5, 0.6) is 5.75 Å². The number of nitrogens with zero attached hydrogens (tertiary/aromatic N) is 2. The van der Waals surface area contributed by atoms with E-state index in [1.807, 2.05) is 34.2 Å². The van der Waals surface area contributed by atoms with Crippen molar-refractivity contribution in [3.05, 3.63) is 40.1 Å². The molecule has 0 saturated heterocycles. The second-order valence-corrected chi connectivity index (χ2v) is 5.51. The number of rotatable bonds is 7.